The van der Waals surface area contributed by atoms with Gasteiger partial charge >= 0.3 is 0 Å². The van der Waals surface area contributed by atoms with Crippen molar-refractivity contribution in [3.8, 4) is 22.7 Å². The van der Waals surface area contributed by atoms with Crippen molar-refractivity contribution in [2.24, 2.45) is 4.99 Å². The van der Waals surface area contributed by atoms with Crippen LogP contribution < -0.4 is 10.3 Å². The lowest BCUT2D eigenvalue weighted by Crippen LogP contribution is -2.19. The van der Waals surface area contributed by atoms with Gasteiger partial charge in [0, 0.05) is 5.56 Å². The summed E-state index contributed by atoms with van der Waals surface area (Å²) in [5.41, 5.74) is 5.77. The molecule has 0 bridgehead atoms. The van der Waals surface area contributed by atoms with Crippen molar-refractivity contribution in [2.75, 3.05) is 7.11 Å². The first-order valence-corrected chi connectivity index (χ1v) is 10.3. The molecule has 162 valence electrons. The molecule has 0 amide bonds. The molecule has 32 heavy (non-hydrogen) atoms. The standard InChI is InChI=1S/C26H24FN3O2/c1-16-5-14-23(17(2)15-16)28-18(3)24-25(19-6-12-22(32-4)13-7-19)29-30(26(24)31)21-10-8-20(27)9-11-21/h5-15,29H,1-4H3. The number of methoxy groups -OCH3 is 1. The summed E-state index contributed by atoms with van der Waals surface area (Å²) in [5, 5.41) is 3.19. The van der Waals surface area contributed by atoms with Crippen LogP contribution in [0, 0.1) is 19.7 Å². The van der Waals surface area contributed by atoms with Gasteiger partial charge in [-0.2, -0.15) is 0 Å². The fourth-order valence-corrected chi connectivity index (χ4v) is 3.68. The minimum atomic E-state index is -0.364. The van der Waals surface area contributed by atoms with Crippen LogP contribution in [0.4, 0.5) is 10.1 Å². The maximum absolute atomic E-state index is 13.5. The number of H-pyrrole nitrogens is 1. The molecule has 3 aromatic carbocycles. The third-order valence-corrected chi connectivity index (χ3v) is 5.36. The molecule has 0 radical (unpaired) electrons. The number of hydrogen-bond acceptors (Lipinski definition) is 3. The second kappa shape index (κ2) is 8.67. The number of ether oxygens (including phenoxy) is 1. The highest BCUT2D eigenvalue weighted by Gasteiger charge is 2.20. The summed E-state index contributed by atoms with van der Waals surface area (Å²) in [6.07, 6.45) is 0. The number of aromatic nitrogens is 2. The number of benzene rings is 3. The van der Waals surface area contributed by atoms with Crippen molar-refractivity contribution < 1.29 is 9.13 Å². The minimum Gasteiger partial charge on any atom is -0.497 e. The van der Waals surface area contributed by atoms with Crippen molar-refractivity contribution in [1.29, 1.82) is 0 Å². The number of halogens is 1. The topological polar surface area (TPSA) is 59.4 Å². The van der Waals surface area contributed by atoms with Gasteiger partial charge in [0.2, 0.25) is 0 Å². The van der Waals surface area contributed by atoms with E-state index in [1.165, 1.54) is 16.8 Å². The molecule has 0 atom stereocenters. The van der Waals surface area contributed by atoms with Crippen LogP contribution in [-0.2, 0) is 0 Å². The molecule has 5 nitrogen and oxygen atoms in total. The molecule has 0 aliphatic rings. The molecule has 4 rings (SSSR count). The van der Waals surface area contributed by atoms with E-state index < -0.39 is 0 Å². The minimum absolute atomic E-state index is 0.256. The fraction of sp³-hybridized carbons (Fsp3) is 0.154. The second-order valence-electron chi connectivity index (χ2n) is 7.69. The number of nitrogens with zero attached hydrogens (tertiary/aromatic N) is 2. The smallest absolute Gasteiger partial charge is 0.280 e. The maximum Gasteiger partial charge on any atom is 0.280 e. The van der Waals surface area contributed by atoms with Crippen molar-refractivity contribution in [1.82, 2.24) is 9.78 Å². The highest BCUT2D eigenvalue weighted by molar-refractivity contribution is 6.05. The third kappa shape index (κ3) is 4.12. The van der Waals surface area contributed by atoms with Gasteiger partial charge in [0.25, 0.3) is 5.56 Å². The Kier molecular flexibility index (Phi) is 5.77. The van der Waals surface area contributed by atoms with Gasteiger partial charge < -0.3 is 4.74 Å². The molecule has 0 fully saturated rings. The van der Waals surface area contributed by atoms with Crippen LogP contribution >= 0.6 is 0 Å². The van der Waals surface area contributed by atoms with Gasteiger partial charge in [0.1, 0.15) is 11.6 Å². The van der Waals surface area contributed by atoms with Gasteiger partial charge in [-0.3, -0.25) is 14.9 Å². The molecular formula is C26H24FN3O2. The number of aryl methyl sites for hydroxylation is 2. The zero-order valence-electron chi connectivity index (χ0n) is 18.4. The summed E-state index contributed by atoms with van der Waals surface area (Å²) in [7, 11) is 1.61. The van der Waals surface area contributed by atoms with E-state index in [1.54, 1.807) is 19.2 Å². The largest absolute Gasteiger partial charge is 0.497 e. The highest BCUT2D eigenvalue weighted by Crippen LogP contribution is 2.26. The summed E-state index contributed by atoms with van der Waals surface area (Å²) < 4.78 is 20.1. The fourth-order valence-electron chi connectivity index (χ4n) is 3.68. The molecule has 0 aliphatic carbocycles. The summed E-state index contributed by atoms with van der Waals surface area (Å²) in [6.45, 7) is 5.85. The van der Waals surface area contributed by atoms with Crippen molar-refractivity contribution >= 4 is 11.4 Å². The molecule has 0 aliphatic heterocycles. The average Bonchev–Trinajstić information content (AvgIpc) is 3.13. The first kappa shape index (κ1) is 21.3. The van der Waals surface area contributed by atoms with Gasteiger partial charge in [0.15, 0.2) is 0 Å². The Labute approximate surface area is 185 Å². The predicted molar refractivity (Wildman–Crippen MR) is 126 cm³/mol. The van der Waals surface area contributed by atoms with Crippen LogP contribution in [0.25, 0.3) is 16.9 Å². The molecule has 0 saturated carbocycles. The van der Waals surface area contributed by atoms with E-state index in [2.05, 4.69) is 11.2 Å². The van der Waals surface area contributed by atoms with Gasteiger partial charge in [0.05, 0.1) is 35.5 Å². The average molecular weight is 429 g/mol. The van der Waals surface area contributed by atoms with Crippen LogP contribution in [0.2, 0.25) is 0 Å². The van der Waals surface area contributed by atoms with Crippen LogP contribution in [0.5, 0.6) is 5.75 Å². The van der Waals surface area contributed by atoms with E-state index in [0.29, 0.717) is 22.7 Å². The van der Waals surface area contributed by atoms with E-state index in [0.717, 1.165) is 28.1 Å². The highest BCUT2D eigenvalue weighted by atomic mass is 19.1. The zero-order chi connectivity index (χ0) is 22.8. The number of aromatic amines is 1. The molecule has 4 aromatic rings. The molecule has 6 heteroatoms. The predicted octanol–water partition coefficient (Wildman–Crippen LogP) is 5.74. The van der Waals surface area contributed by atoms with Gasteiger partial charge in [-0.05, 0) is 80.9 Å². The first-order chi connectivity index (χ1) is 15.4. The van der Waals surface area contributed by atoms with Crippen molar-refractivity contribution in [2.45, 2.75) is 20.8 Å². The summed E-state index contributed by atoms with van der Waals surface area (Å²) >= 11 is 0. The molecule has 1 N–H and O–H groups in total. The van der Waals surface area contributed by atoms with Gasteiger partial charge in [-0.25, -0.2) is 9.07 Å². The maximum atomic E-state index is 13.5. The summed E-state index contributed by atoms with van der Waals surface area (Å²) in [6, 6.07) is 19.2. The third-order valence-electron chi connectivity index (χ3n) is 5.36. The zero-order valence-corrected chi connectivity index (χ0v) is 18.4. The van der Waals surface area contributed by atoms with Gasteiger partial charge in [-0.15, -0.1) is 0 Å². The molecule has 0 saturated heterocycles. The Morgan fingerprint density at radius 2 is 1.69 bits per heavy atom. The molecule has 1 aromatic heterocycles. The lowest BCUT2D eigenvalue weighted by atomic mass is 10.0. The molecule has 0 spiro atoms. The van der Waals surface area contributed by atoms with E-state index >= 15 is 0 Å². The lowest BCUT2D eigenvalue weighted by Gasteiger charge is -2.06. The lowest BCUT2D eigenvalue weighted by molar-refractivity contribution is 0.415. The van der Waals surface area contributed by atoms with E-state index in [9.17, 15) is 9.18 Å². The normalized spacial score (nSPS) is 11.6. The SMILES string of the molecule is COc1ccc(-c2[nH]n(-c3ccc(F)cc3)c(=O)c2C(C)=Nc2ccc(C)cc2C)cc1. The van der Waals surface area contributed by atoms with E-state index in [1.807, 2.05) is 57.2 Å². The molecule has 1 heterocycles. The van der Waals surface area contributed by atoms with Crippen LogP contribution in [-0.4, -0.2) is 22.6 Å². The molecule has 0 unspecified atom stereocenters. The Balaban J connectivity index is 1.91. The van der Waals surface area contributed by atoms with Crippen LogP contribution in [0.1, 0.15) is 23.6 Å². The monoisotopic (exact) mass is 429 g/mol. The Morgan fingerprint density at radius 1 is 1.00 bits per heavy atom. The second-order valence-corrected chi connectivity index (χ2v) is 7.69. The molecular weight excluding hydrogens is 405 g/mol. The van der Waals surface area contributed by atoms with Gasteiger partial charge in [-0.1, -0.05) is 17.7 Å². The number of hydrogen-bond donors (Lipinski definition) is 1. The number of rotatable bonds is 5. The Hall–Kier alpha value is -3.93. The van der Waals surface area contributed by atoms with E-state index in [-0.39, 0.29) is 11.4 Å². The van der Waals surface area contributed by atoms with E-state index in [4.69, 9.17) is 9.73 Å². The van der Waals surface area contributed by atoms with Crippen molar-refractivity contribution in [3.05, 3.63) is 99.6 Å². The quantitative estimate of drug-likeness (QED) is 0.412. The van der Waals surface area contributed by atoms with Crippen LogP contribution in [0.3, 0.4) is 0 Å². The van der Waals surface area contributed by atoms with Crippen molar-refractivity contribution in [3.63, 3.8) is 0 Å². The number of nitrogens with one attached hydrogen (secondary N) is 1. The Morgan fingerprint density at radius 3 is 2.31 bits per heavy atom. The van der Waals surface area contributed by atoms with Crippen LogP contribution in [0.15, 0.2) is 76.5 Å². The Bertz CT molecular complexity index is 1350. The first-order valence-electron chi connectivity index (χ1n) is 10.3. The summed E-state index contributed by atoms with van der Waals surface area (Å²) in [4.78, 5) is 18.2. The number of aliphatic imine (C=N–C) groups is 1. The summed E-state index contributed by atoms with van der Waals surface area (Å²) in [5.74, 6) is 0.354.